The SMILES string of the molecule is COc1cccc(C(=O)NC(CCO)C(C)C)c1O. The van der Waals surface area contributed by atoms with Gasteiger partial charge in [-0.3, -0.25) is 4.79 Å². The Morgan fingerprint density at radius 1 is 1.42 bits per heavy atom. The van der Waals surface area contributed by atoms with E-state index in [1.807, 2.05) is 13.8 Å². The van der Waals surface area contributed by atoms with E-state index in [2.05, 4.69) is 5.32 Å². The molecule has 0 spiro atoms. The zero-order valence-corrected chi connectivity index (χ0v) is 11.5. The molecule has 0 heterocycles. The monoisotopic (exact) mass is 267 g/mol. The number of rotatable bonds is 6. The normalized spacial score (nSPS) is 12.3. The van der Waals surface area contributed by atoms with Gasteiger partial charge < -0.3 is 20.3 Å². The van der Waals surface area contributed by atoms with Gasteiger partial charge in [-0.1, -0.05) is 19.9 Å². The first-order valence-electron chi connectivity index (χ1n) is 6.29. The Labute approximate surface area is 113 Å². The van der Waals surface area contributed by atoms with E-state index in [9.17, 15) is 9.90 Å². The fourth-order valence-electron chi connectivity index (χ4n) is 1.83. The standard InChI is InChI=1S/C14H21NO4/c1-9(2)11(7-8-16)15-14(18)10-5-4-6-12(19-3)13(10)17/h4-6,9,11,16-17H,7-8H2,1-3H3,(H,15,18). The minimum absolute atomic E-state index is 0.00716. The second-order valence-electron chi connectivity index (χ2n) is 4.69. The molecule has 1 aromatic carbocycles. The maximum Gasteiger partial charge on any atom is 0.255 e. The Bertz CT molecular complexity index is 431. The maximum absolute atomic E-state index is 12.1. The molecule has 1 unspecified atom stereocenters. The third-order valence-corrected chi connectivity index (χ3v) is 3.02. The number of benzene rings is 1. The lowest BCUT2D eigenvalue weighted by atomic mass is 10.0. The first-order chi connectivity index (χ1) is 9.01. The van der Waals surface area contributed by atoms with Crippen molar-refractivity contribution in [2.75, 3.05) is 13.7 Å². The smallest absolute Gasteiger partial charge is 0.255 e. The molecule has 0 bridgehead atoms. The number of aliphatic hydroxyl groups is 1. The third-order valence-electron chi connectivity index (χ3n) is 3.02. The number of nitrogens with one attached hydrogen (secondary N) is 1. The van der Waals surface area contributed by atoms with Crippen molar-refractivity contribution in [3.05, 3.63) is 23.8 Å². The predicted octanol–water partition coefficient (Wildman–Crippen LogP) is 1.54. The van der Waals surface area contributed by atoms with Crippen LogP contribution >= 0.6 is 0 Å². The van der Waals surface area contributed by atoms with Crippen molar-refractivity contribution in [3.8, 4) is 11.5 Å². The molecular formula is C14H21NO4. The van der Waals surface area contributed by atoms with Crippen molar-refractivity contribution in [1.82, 2.24) is 5.32 Å². The highest BCUT2D eigenvalue weighted by molar-refractivity contribution is 5.97. The summed E-state index contributed by atoms with van der Waals surface area (Å²) in [7, 11) is 1.43. The van der Waals surface area contributed by atoms with E-state index in [1.165, 1.54) is 13.2 Å². The molecule has 1 atom stereocenters. The molecule has 19 heavy (non-hydrogen) atoms. The number of aliphatic hydroxyl groups excluding tert-OH is 1. The van der Waals surface area contributed by atoms with E-state index in [4.69, 9.17) is 9.84 Å². The second kappa shape index (κ2) is 6.99. The van der Waals surface area contributed by atoms with Crippen LogP contribution in [0.5, 0.6) is 11.5 Å². The van der Waals surface area contributed by atoms with Gasteiger partial charge in [0.15, 0.2) is 11.5 Å². The van der Waals surface area contributed by atoms with Gasteiger partial charge >= 0.3 is 0 Å². The van der Waals surface area contributed by atoms with Crippen LogP contribution in [0.4, 0.5) is 0 Å². The molecular weight excluding hydrogens is 246 g/mol. The van der Waals surface area contributed by atoms with E-state index in [-0.39, 0.29) is 41.5 Å². The van der Waals surface area contributed by atoms with Crippen molar-refractivity contribution < 1.29 is 19.7 Å². The van der Waals surface area contributed by atoms with Gasteiger partial charge in [0.05, 0.1) is 12.7 Å². The lowest BCUT2D eigenvalue weighted by Crippen LogP contribution is -2.39. The molecule has 5 nitrogen and oxygen atoms in total. The van der Waals surface area contributed by atoms with Crippen LogP contribution in [0.15, 0.2) is 18.2 Å². The lowest BCUT2D eigenvalue weighted by molar-refractivity contribution is 0.0913. The van der Waals surface area contributed by atoms with E-state index in [1.54, 1.807) is 12.1 Å². The number of aromatic hydroxyl groups is 1. The Morgan fingerprint density at radius 3 is 2.63 bits per heavy atom. The number of carbonyl (C=O) groups is 1. The van der Waals surface area contributed by atoms with Crippen LogP contribution in [0.1, 0.15) is 30.6 Å². The molecule has 0 aliphatic carbocycles. The molecule has 5 heteroatoms. The van der Waals surface area contributed by atoms with E-state index < -0.39 is 0 Å². The Balaban J connectivity index is 2.88. The second-order valence-corrected chi connectivity index (χ2v) is 4.69. The largest absolute Gasteiger partial charge is 0.504 e. The summed E-state index contributed by atoms with van der Waals surface area (Å²) in [5.41, 5.74) is 0.169. The van der Waals surface area contributed by atoms with Gasteiger partial charge in [-0.15, -0.1) is 0 Å². The van der Waals surface area contributed by atoms with Crippen molar-refractivity contribution in [2.24, 2.45) is 5.92 Å². The Morgan fingerprint density at radius 2 is 2.11 bits per heavy atom. The van der Waals surface area contributed by atoms with Gasteiger partial charge in [0.1, 0.15) is 0 Å². The molecule has 0 radical (unpaired) electrons. The average Bonchev–Trinajstić information content (AvgIpc) is 2.38. The zero-order valence-electron chi connectivity index (χ0n) is 11.5. The quantitative estimate of drug-likeness (QED) is 0.730. The molecule has 0 saturated carbocycles. The molecule has 0 aromatic heterocycles. The summed E-state index contributed by atoms with van der Waals surface area (Å²) in [6, 6.07) is 4.62. The summed E-state index contributed by atoms with van der Waals surface area (Å²) < 4.78 is 4.97. The van der Waals surface area contributed by atoms with E-state index in [0.29, 0.717) is 6.42 Å². The number of phenolic OH excluding ortho intramolecular Hbond substituents is 1. The van der Waals surface area contributed by atoms with Crippen molar-refractivity contribution in [3.63, 3.8) is 0 Å². The molecule has 1 aromatic rings. The summed E-state index contributed by atoms with van der Waals surface area (Å²) in [6.45, 7) is 3.94. The van der Waals surface area contributed by atoms with E-state index in [0.717, 1.165) is 0 Å². The number of methoxy groups -OCH3 is 1. The molecule has 1 rings (SSSR count). The van der Waals surface area contributed by atoms with Gasteiger partial charge in [0, 0.05) is 12.6 Å². The fraction of sp³-hybridized carbons (Fsp3) is 0.500. The van der Waals surface area contributed by atoms with E-state index >= 15 is 0 Å². The van der Waals surface area contributed by atoms with Crippen molar-refractivity contribution >= 4 is 5.91 Å². The van der Waals surface area contributed by atoms with Crippen LogP contribution in [0.3, 0.4) is 0 Å². The van der Waals surface area contributed by atoms with Crippen molar-refractivity contribution in [2.45, 2.75) is 26.3 Å². The van der Waals surface area contributed by atoms with Crippen molar-refractivity contribution in [1.29, 1.82) is 0 Å². The van der Waals surface area contributed by atoms with Gasteiger partial charge in [-0.2, -0.15) is 0 Å². The topological polar surface area (TPSA) is 78.8 Å². The first-order valence-corrected chi connectivity index (χ1v) is 6.29. The maximum atomic E-state index is 12.1. The molecule has 1 amide bonds. The number of phenols is 1. The first kappa shape index (κ1) is 15.3. The molecule has 0 aliphatic heterocycles. The minimum Gasteiger partial charge on any atom is -0.504 e. The number of para-hydroxylation sites is 1. The lowest BCUT2D eigenvalue weighted by Gasteiger charge is -2.22. The summed E-state index contributed by atoms with van der Waals surface area (Å²) in [6.07, 6.45) is 0.480. The number of amides is 1. The molecule has 0 saturated heterocycles. The summed E-state index contributed by atoms with van der Waals surface area (Å²) >= 11 is 0. The van der Waals surface area contributed by atoms with Crippen LogP contribution in [0.25, 0.3) is 0 Å². The number of hydrogen-bond acceptors (Lipinski definition) is 4. The zero-order chi connectivity index (χ0) is 14.4. The van der Waals surface area contributed by atoms with Crippen LogP contribution in [-0.4, -0.2) is 35.9 Å². The van der Waals surface area contributed by atoms with Gasteiger partial charge in [-0.05, 0) is 24.5 Å². The molecule has 0 aliphatic rings. The molecule has 0 fully saturated rings. The molecule has 3 N–H and O–H groups in total. The van der Waals surface area contributed by atoms with Crippen LogP contribution in [0, 0.1) is 5.92 Å². The average molecular weight is 267 g/mol. The Hall–Kier alpha value is -1.75. The number of ether oxygens (including phenoxy) is 1. The summed E-state index contributed by atoms with van der Waals surface area (Å²) in [4.78, 5) is 12.1. The van der Waals surface area contributed by atoms with Gasteiger partial charge in [0.2, 0.25) is 0 Å². The van der Waals surface area contributed by atoms with Crippen LogP contribution in [0.2, 0.25) is 0 Å². The highest BCUT2D eigenvalue weighted by Crippen LogP contribution is 2.29. The fourth-order valence-corrected chi connectivity index (χ4v) is 1.83. The highest BCUT2D eigenvalue weighted by atomic mass is 16.5. The van der Waals surface area contributed by atoms with Gasteiger partial charge in [0.25, 0.3) is 5.91 Å². The summed E-state index contributed by atoms with van der Waals surface area (Å²) in [5.74, 6) is -0.0858. The van der Waals surface area contributed by atoms with Gasteiger partial charge in [-0.25, -0.2) is 0 Å². The number of hydrogen-bond donors (Lipinski definition) is 3. The molecule has 106 valence electrons. The summed E-state index contributed by atoms with van der Waals surface area (Å²) in [5, 5.41) is 21.7. The van der Waals surface area contributed by atoms with Crippen LogP contribution in [-0.2, 0) is 0 Å². The third kappa shape index (κ3) is 3.86. The Kier molecular flexibility index (Phi) is 5.63. The predicted molar refractivity (Wildman–Crippen MR) is 72.5 cm³/mol. The van der Waals surface area contributed by atoms with Crippen LogP contribution < -0.4 is 10.1 Å². The number of carbonyl (C=O) groups excluding carboxylic acids is 1. The highest BCUT2D eigenvalue weighted by Gasteiger charge is 2.20. The minimum atomic E-state index is -0.372.